The molecule has 1 unspecified atom stereocenters. The molecule has 1 atom stereocenters. The first kappa shape index (κ1) is 25.4. The lowest BCUT2D eigenvalue weighted by Crippen LogP contribution is -2.31. The number of furan rings is 1. The predicted octanol–water partition coefficient (Wildman–Crippen LogP) is 6.72. The second-order valence-corrected chi connectivity index (χ2v) is 9.36. The van der Waals surface area contributed by atoms with Gasteiger partial charge in [0, 0.05) is 34.9 Å². The fourth-order valence-corrected chi connectivity index (χ4v) is 5.06. The Labute approximate surface area is 225 Å². The van der Waals surface area contributed by atoms with Crippen LogP contribution in [0, 0.1) is 0 Å². The van der Waals surface area contributed by atoms with Crippen molar-refractivity contribution in [2.24, 2.45) is 0 Å². The number of ether oxygens (including phenoxy) is 1. The summed E-state index contributed by atoms with van der Waals surface area (Å²) < 4.78 is 11.1. The number of carbonyl (C=O) groups is 2. The molecule has 5 rings (SSSR count). The monoisotopic (exact) mass is 530 g/mol. The first-order valence-electron chi connectivity index (χ1n) is 12.4. The SMILES string of the molecule is CCN(CC)c1ccc(C2C(C(=O)c3cc4cc(Cl)ccc4o3)=C(O)C(=O)N2c2ccc(OC)cc2)cc1. The summed E-state index contributed by atoms with van der Waals surface area (Å²) >= 11 is 6.10. The average Bonchev–Trinajstić information content (AvgIpc) is 3.47. The molecule has 0 saturated carbocycles. The number of fused-ring (bicyclic) bond motifs is 1. The van der Waals surface area contributed by atoms with Crippen LogP contribution in [-0.4, -0.2) is 37.0 Å². The molecule has 1 aromatic heterocycles. The molecule has 1 aliphatic rings. The molecule has 38 heavy (non-hydrogen) atoms. The molecule has 0 aliphatic carbocycles. The average molecular weight is 531 g/mol. The summed E-state index contributed by atoms with van der Waals surface area (Å²) in [5, 5.41) is 12.2. The van der Waals surface area contributed by atoms with Gasteiger partial charge in [0.15, 0.2) is 11.5 Å². The van der Waals surface area contributed by atoms with Crippen LogP contribution in [0.2, 0.25) is 5.02 Å². The molecule has 0 bridgehead atoms. The molecule has 0 radical (unpaired) electrons. The number of halogens is 1. The fourth-order valence-electron chi connectivity index (χ4n) is 4.88. The van der Waals surface area contributed by atoms with E-state index in [0.717, 1.165) is 18.8 Å². The second kappa shape index (κ2) is 10.3. The van der Waals surface area contributed by atoms with Gasteiger partial charge in [0.2, 0.25) is 5.78 Å². The molecule has 194 valence electrons. The van der Waals surface area contributed by atoms with Gasteiger partial charge in [-0.3, -0.25) is 14.5 Å². The van der Waals surface area contributed by atoms with E-state index < -0.39 is 23.5 Å². The summed E-state index contributed by atoms with van der Waals surface area (Å²) in [6, 6.07) is 20.3. The number of hydrogen-bond acceptors (Lipinski definition) is 6. The first-order chi connectivity index (χ1) is 18.4. The lowest BCUT2D eigenvalue weighted by atomic mass is 9.94. The number of Topliss-reactive ketones (excluding diaryl/α,β-unsaturated/α-hetero) is 1. The zero-order chi connectivity index (χ0) is 27.0. The summed E-state index contributed by atoms with van der Waals surface area (Å²) in [6.45, 7) is 5.85. The number of hydrogen-bond donors (Lipinski definition) is 1. The molecular weight excluding hydrogens is 504 g/mol. The van der Waals surface area contributed by atoms with E-state index in [1.807, 2.05) is 24.3 Å². The van der Waals surface area contributed by atoms with Crippen molar-refractivity contribution >= 4 is 45.6 Å². The molecule has 0 saturated heterocycles. The number of ketones is 1. The number of methoxy groups -OCH3 is 1. The molecule has 7 nitrogen and oxygen atoms in total. The minimum atomic E-state index is -0.869. The Hall–Kier alpha value is -4.23. The summed E-state index contributed by atoms with van der Waals surface area (Å²) in [4.78, 5) is 30.9. The lowest BCUT2D eigenvalue weighted by molar-refractivity contribution is -0.117. The third-order valence-corrected chi connectivity index (χ3v) is 7.08. The lowest BCUT2D eigenvalue weighted by Gasteiger charge is -2.28. The third-order valence-electron chi connectivity index (χ3n) is 6.84. The molecule has 1 N–H and O–H groups in total. The molecule has 1 aliphatic heterocycles. The van der Waals surface area contributed by atoms with Crippen molar-refractivity contribution in [1.82, 2.24) is 0 Å². The summed E-state index contributed by atoms with van der Waals surface area (Å²) in [5.74, 6) is -1.22. The maximum atomic E-state index is 13.8. The molecule has 3 aromatic carbocycles. The van der Waals surface area contributed by atoms with E-state index in [4.69, 9.17) is 20.8 Å². The van der Waals surface area contributed by atoms with Crippen LogP contribution in [0.3, 0.4) is 0 Å². The van der Waals surface area contributed by atoms with Crippen molar-refractivity contribution in [2.75, 3.05) is 30.0 Å². The van der Waals surface area contributed by atoms with Gasteiger partial charge in [0.1, 0.15) is 11.3 Å². The first-order valence-corrected chi connectivity index (χ1v) is 12.7. The van der Waals surface area contributed by atoms with Gasteiger partial charge in [0.05, 0.1) is 18.7 Å². The largest absolute Gasteiger partial charge is 0.503 e. The molecule has 0 fully saturated rings. The van der Waals surface area contributed by atoms with Crippen LogP contribution in [0.4, 0.5) is 11.4 Å². The van der Waals surface area contributed by atoms with Gasteiger partial charge < -0.3 is 19.2 Å². The van der Waals surface area contributed by atoms with E-state index >= 15 is 0 Å². The van der Waals surface area contributed by atoms with Crippen molar-refractivity contribution in [3.63, 3.8) is 0 Å². The van der Waals surface area contributed by atoms with Crippen LogP contribution in [0.25, 0.3) is 11.0 Å². The predicted molar refractivity (Wildman–Crippen MR) is 148 cm³/mol. The van der Waals surface area contributed by atoms with E-state index in [9.17, 15) is 14.7 Å². The van der Waals surface area contributed by atoms with Crippen molar-refractivity contribution < 1.29 is 23.8 Å². The highest BCUT2D eigenvalue weighted by Crippen LogP contribution is 2.43. The Balaban J connectivity index is 1.62. The maximum Gasteiger partial charge on any atom is 0.294 e. The normalized spacial score (nSPS) is 15.4. The number of rotatable bonds is 8. The second-order valence-electron chi connectivity index (χ2n) is 8.92. The van der Waals surface area contributed by atoms with Gasteiger partial charge in [-0.15, -0.1) is 0 Å². The van der Waals surface area contributed by atoms with Crippen LogP contribution in [-0.2, 0) is 4.79 Å². The quantitative estimate of drug-likeness (QED) is 0.254. The van der Waals surface area contributed by atoms with Crippen LogP contribution in [0.1, 0.15) is 36.0 Å². The topological polar surface area (TPSA) is 83.2 Å². The van der Waals surface area contributed by atoms with E-state index in [1.165, 1.54) is 4.90 Å². The summed E-state index contributed by atoms with van der Waals surface area (Å²) in [6.07, 6.45) is 0. The Kier molecular flexibility index (Phi) is 6.87. The van der Waals surface area contributed by atoms with E-state index in [1.54, 1.807) is 55.6 Å². The van der Waals surface area contributed by atoms with Gasteiger partial charge in [-0.25, -0.2) is 0 Å². The molecule has 1 amide bonds. The van der Waals surface area contributed by atoms with E-state index in [2.05, 4.69) is 18.7 Å². The number of carbonyl (C=O) groups excluding carboxylic acids is 2. The highest BCUT2D eigenvalue weighted by molar-refractivity contribution is 6.31. The highest BCUT2D eigenvalue weighted by Gasteiger charge is 2.45. The van der Waals surface area contributed by atoms with Gasteiger partial charge in [-0.1, -0.05) is 23.7 Å². The summed E-state index contributed by atoms with van der Waals surface area (Å²) in [7, 11) is 1.56. The Bertz CT molecular complexity index is 1540. The molecule has 8 heteroatoms. The zero-order valence-corrected chi connectivity index (χ0v) is 22.0. The van der Waals surface area contributed by atoms with Gasteiger partial charge in [0.25, 0.3) is 5.91 Å². The number of amides is 1. The van der Waals surface area contributed by atoms with Crippen molar-refractivity contribution in [2.45, 2.75) is 19.9 Å². The number of anilines is 2. The summed E-state index contributed by atoms with van der Waals surface area (Å²) in [5.41, 5.74) is 2.64. The molecular formula is C30H27ClN2O5. The Morgan fingerprint density at radius 1 is 1.03 bits per heavy atom. The van der Waals surface area contributed by atoms with Crippen LogP contribution in [0.5, 0.6) is 5.75 Å². The van der Waals surface area contributed by atoms with Crippen molar-refractivity contribution in [3.8, 4) is 5.75 Å². The number of benzene rings is 3. The minimum absolute atomic E-state index is 0.0120. The highest BCUT2D eigenvalue weighted by atomic mass is 35.5. The molecule has 0 spiro atoms. The molecule has 4 aromatic rings. The number of aliphatic hydroxyl groups excluding tert-OH is 1. The van der Waals surface area contributed by atoms with Crippen molar-refractivity contribution in [1.29, 1.82) is 0 Å². The number of aliphatic hydroxyl groups is 1. The maximum absolute atomic E-state index is 13.8. The zero-order valence-electron chi connectivity index (χ0n) is 21.3. The third kappa shape index (κ3) is 4.39. The van der Waals surface area contributed by atoms with Crippen LogP contribution in [0.15, 0.2) is 88.5 Å². The number of nitrogens with zero attached hydrogens (tertiary/aromatic N) is 2. The van der Waals surface area contributed by atoms with Crippen LogP contribution < -0.4 is 14.5 Å². The van der Waals surface area contributed by atoms with E-state index in [-0.39, 0.29) is 11.3 Å². The van der Waals surface area contributed by atoms with Gasteiger partial charge in [-0.05, 0) is 80.1 Å². The van der Waals surface area contributed by atoms with Gasteiger partial charge >= 0.3 is 0 Å². The Morgan fingerprint density at radius 2 is 1.71 bits per heavy atom. The Morgan fingerprint density at radius 3 is 2.34 bits per heavy atom. The minimum Gasteiger partial charge on any atom is -0.503 e. The standard InChI is InChI=1S/C30H27ClN2O5/c1-4-32(5-2)21-9-6-18(7-10-21)27-26(28(34)25-17-19-16-20(31)8-15-24(19)38-25)29(35)30(36)33(27)22-11-13-23(37-3)14-12-22/h6-17,27,35H,4-5H2,1-3H3. The van der Waals surface area contributed by atoms with Gasteiger partial charge in [-0.2, -0.15) is 0 Å². The van der Waals surface area contributed by atoms with E-state index in [0.29, 0.717) is 33.0 Å². The molecule has 2 heterocycles. The fraction of sp³-hybridized carbons (Fsp3) is 0.200. The van der Waals surface area contributed by atoms with Crippen LogP contribution >= 0.6 is 11.6 Å². The smallest absolute Gasteiger partial charge is 0.294 e. The van der Waals surface area contributed by atoms with Crippen molar-refractivity contribution in [3.05, 3.63) is 100 Å².